The van der Waals surface area contributed by atoms with Crippen molar-refractivity contribution in [1.82, 2.24) is 0 Å². The second kappa shape index (κ2) is 5.41. The van der Waals surface area contributed by atoms with E-state index in [1.165, 1.54) is 12.1 Å². The molecule has 1 nitrogen and oxygen atoms in total. The minimum atomic E-state index is -1.60. The van der Waals surface area contributed by atoms with Gasteiger partial charge in [0.05, 0.1) is 6.10 Å². The molecule has 0 bridgehead atoms. The first kappa shape index (κ1) is 13.1. The second-order valence-corrected chi connectivity index (χ2v) is 9.26. The fourth-order valence-electron chi connectivity index (χ4n) is 1.51. The maximum absolute atomic E-state index is 12.8. The van der Waals surface area contributed by atoms with Crippen molar-refractivity contribution in [3.63, 3.8) is 0 Å². The summed E-state index contributed by atoms with van der Waals surface area (Å²) in [7, 11) is -1.60. The van der Waals surface area contributed by atoms with Gasteiger partial charge in [-0.25, -0.2) is 4.39 Å². The zero-order chi connectivity index (χ0) is 12.2. The van der Waals surface area contributed by atoms with Gasteiger partial charge in [-0.2, -0.15) is 0 Å². The van der Waals surface area contributed by atoms with Crippen molar-refractivity contribution in [2.24, 2.45) is 0 Å². The van der Waals surface area contributed by atoms with Gasteiger partial charge >= 0.3 is 0 Å². The molecule has 0 aromatic heterocycles. The molecule has 0 heterocycles. The van der Waals surface area contributed by atoms with Gasteiger partial charge in [-0.1, -0.05) is 18.2 Å². The van der Waals surface area contributed by atoms with Crippen molar-refractivity contribution in [3.05, 3.63) is 48.3 Å². The Morgan fingerprint density at radius 3 is 2.31 bits per heavy atom. The van der Waals surface area contributed by atoms with Crippen LogP contribution >= 0.6 is 0 Å². The molecule has 0 aliphatic rings. The van der Waals surface area contributed by atoms with Gasteiger partial charge < -0.3 is 4.43 Å². The number of rotatable bonds is 5. The lowest BCUT2D eigenvalue weighted by Gasteiger charge is -2.26. The molecule has 0 aliphatic carbocycles. The van der Waals surface area contributed by atoms with Crippen LogP contribution in [-0.4, -0.2) is 8.32 Å². The van der Waals surface area contributed by atoms with Crippen LogP contribution in [0.15, 0.2) is 36.9 Å². The summed E-state index contributed by atoms with van der Waals surface area (Å²) < 4.78 is 18.9. The summed E-state index contributed by atoms with van der Waals surface area (Å²) in [5, 5.41) is 0. The van der Waals surface area contributed by atoms with Gasteiger partial charge in [-0.15, -0.1) is 6.58 Å². The monoisotopic (exact) mass is 238 g/mol. The van der Waals surface area contributed by atoms with Gasteiger partial charge in [0.15, 0.2) is 8.32 Å². The van der Waals surface area contributed by atoms with Crippen LogP contribution in [0.25, 0.3) is 0 Å². The molecule has 0 saturated heterocycles. The third kappa shape index (κ3) is 4.29. The third-order valence-electron chi connectivity index (χ3n) is 2.12. The average Bonchev–Trinajstić information content (AvgIpc) is 2.16. The van der Waals surface area contributed by atoms with E-state index in [9.17, 15) is 4.39 Å². The van der Waals surface area contributed by atoms with E-state index in [1.54, 1.807) is 12.1 Å². The molecule has 0 N–H and O–H groups in total. The molecule has 1 atom stereocenters. The Balaban J connectivity index is 2.84. The van der Waals surface area contributed by atoms with Crippen LogP contribution in [0.5, 0.6) is 0 Å². The molecular formula is C13H19FOSi. The predicted molar refractivity (Wildman–Crippen MR) is 68.4 cm³/mol. The minimum Gasteiger partial charge on any atom is -0.410 e. The van der Waals surface area contributed by atoms with E-state index in [0.29, 0.717) is 0 Å². The van der Waals surface area contributed by atoms with E-state index < -0.39 is 8.32 Å². The van der Waals surface area contributed by atoms with E-state index in [-0.39, 0.29) is 11.9 Å². The average molecular weight is 238 g/mol. The zero-order valence-electron chi connectivity index (χ0n) is 10.2. The summed E-state index contributed by atoms with van der Waals surface area (Å²) in [6.45, 7) is 10.2. The Bertz CT molecular complexity index is 340. The largest absolute Gasteiger partial charge is 0.410 e. The Kier molecular flexibility index (Phi) is 4.44. The summed E-state index contributed by atoms with van der Waals surface area (Å²) in [6, 6.07) is 6.51. The van der Waals surface area contributed by atoms with Crippen LogP contribution in [-0.2, 0) is 4.43 Å². The third-order valence-corrected chi connectivity index (χ3v) is 3.11. The first-order valence-electron chi connectivity index (χ1n) is 5.46. The van der Waals surface area contributed by atoms with Crippen LogP contribution in [0, 0.1) is 5.82 Å². The topological polar surface area (TPSA) is 9.23 Å². The zero-order valence-corrected chi connectivity index (χ0v) is 11.2. The highest BCUT2D eigenvalue weighted by atomic mass is 28.4. The molecule has 0 radical (unpaired) electrons. The van der Waals surface area contributed by atoms with Gasteiger partial charge in [-0.05, 0) is 43.8 Å². The number of halogens is 1. The minimum absolute atomic E-state index is 0.00441. The Hall–Kier alpha value is -0.933. The molecule has 1 aromatic rings. The molecular weight excluding hydrogens is 219 g/mol. The van der Waals surface area contributed by atoms with Crippen molar-refractivity contribution in [1.29, 1.82) is 0 Å². The van der Waals surface area contributed by atoms with Gasteiger partial charge in [0.25, 0.3) is 0 Å². The highest BCUT2D eigenvalue weighted by Crippen LogP contribution is 2.25. The maximum atomic E-state index is 12.8. The molecule has 16 heavy (non-hydrogen) atoms. The van der Waals surface area contributed by atoms with Crippen LogP contribution in [0.4, 0.5) is 4.39 Å². The Labute approximate surface area is 98.1 Å². The van der Waals surface area contributed by atoms with Crippen molar-refractivity contribution < 1.29 is 8.82 Å². The lowest BCUT2D eigenvalue weighted by atomic mass is 10.1. The van der Waals surface area contributed by atoms with E-state index in [1.807, 2.05) is 6.08 Å². The molecule has 1 aromatic carbocycles. The van der Waals surface area contributed by atoms with Gasteiger partial charge in [0.1, 0.15) is 5.82 Å². The van der Waals surface area contributed by atoms with Crippen LogP contribution in [0.3, 0.4) is 0 Å². The van der Waals surface area contributed by atoms with Crippen molar-refractivity contribution in [3.8, 4) is 0 Å². The van der Waals surface area contributed by atoms with E-state index in [0.717, 1.165) is 12.0 Å². The summed E-state index contributed by atoms with van der Waals surface area (Å²) in [5.74, 6) is -0.214. The van der Waals surface area contributed by atoms with Crippen LogP contribution in [0.1, 0.15) is 18.1 Å². The number of hydrogen-bond acceptors (Lipinski definition) is 1. The molecule has 0 fully saturated rings. The Morgan fingerprint density at radius 1 is 1.31 bits per heavy atom. The fourth-order valence-corrected chi connectivity index (χ4v) is 2.59. The summed E-state index contributed by atoms with van der Waals surface area (Å²) in [5.41, 5.74) is 1.02. The van der Waals surface area contributed by atoms with E-state index in [4.69, 9.17) is 4.43 Å². The molecule has 0 aliphatic heterocycles. The molecule has 1 rings (SSSR count). The summed E-state index contributed by atoms with van der Waals surface area (Å²) >= 11 is 0. The van der Waals surface area contributed by atoms with Gasteiger partial charge in [0, 0.05) is 0 Å². The fraction of sp³-hybridized carbons (Fsp3) is 0.385. The molecule has 0 amide bonds. The molecule has 88 valence electrons. The normalized spacial score (nSPS) is 13.5. The van der Waals surface area contributed by atoms with Crippen molar-refractivity contribution >= 4 is 8.32 Å². The van der Waals surface area contributed by atoms with Crippen LogP contribution < -0.4 is 0 Å². The highest BCUT2D eigenvalue weighted by Gasteiger charge is 2.21. The highest BCUT2D eigenvalue weighted by molar-refractivity contribution is 6.69. The van der Waals surface area contributed by atoms with Crippen LogP contribution in [0.2, 0.25) is 19.6 Å². The SMILES string of the molecule is C=CC[C@@H](O[Si](C)(C)C)c1ccc(F)cc1. The van der Waals surface area contributed by atoms with Crippen molar-refractivity contribution in [2.75, 3.05) is 0 Å². The summed E-state index contributed by atoms with van der Waals surface area (Å²) in [6.07, 6.45) is 2.61. The molecule has 3 heteroatoms. The maximum Gasteiger partial charge on any atom is 0.184 e. The number of hydrogen-bond donors (Lipinski definition) is 0. The molecule has 0 spiro atoms. The number of benzene rings is 1. The second-order valence-electron chi connectivity index (χ2n) is 4.79. The Morgan fingerprint density at radius 2 is 1.88 bits per heavy atom. The molecule has 0 unspecified atom stereocenters. The quantitative estimate of drug-likeness (QED) is 0.549. The predicted octanol–water partition coefficient (Wildman–Crippen LogP) is 4.29. The lowest BCUT2D eigenvalue weighted by molar-refractivity contribution is 0.201. The smallest absolute Gasteiger partial charge is 0.184 e. The van der Waals surface area contributed by atoms with E-state index >= 15 is 0 Å². The standard InChI is InChI=1S/C13H19FOSi/c1-5-6-13(15-16(2,3)4)11-7-9-12(14)10-8-11/h5,7-10,13H,1,6H2,2-4H3/t13-/m1/s1. The van der Waals surface area contributed by atoms with Gasteiger partial charge in [0.2, 0.25) is 0 Å². The van der Waals surface area contributed by atoms with Crippen molar-refractivity contribution in [2.45, 2.75) is 32.2 Å². The summed E-state index contributed by atoms with van der Waals surface area (Å²) in [4.78, 5) is 0. The first-order chi connectivity index (χ1) is 7.42. The lowest BCUT2D eigenvalue weighted by Crippen LogP contribution is -2.27. The van der Waals surface area contributed by atoms with Gasteiger partial charge in [-0.3, -0.25) is 0 Å². The van der Waals surface area contributed by atoms with E-state index in [2.05, 4.69) is 26.2 Å². The first-order valence-corrected chi connectivity index (χ1v) is 8.87. The molecule has 0 saturated carbocycles.